The van der Waals surface area contributed by atoms with Gasteiger partial charge in [-0.1, -0.05) is 18.2 Å². The number of carbonyl (C=O) groups is 2. The maximum atomic E-state index is 12.2. The van der Waals surface area contributed by atoms with Crippen LogP contribution in [0.3, 0.4) is 0 Å². The van der Waals surface area contributed by atoms with Gasteiger partial charge < -0.3 is 19.7 Å². The molecule has 0 unspecified atom stereocenters. The fraction of sp³-hybridized carbons (Fsp3) is 0.348. The summed E-state index contributed by atoms with van der Waals surface area (Å²) in [5.41, 5.74) is 4.82. The molecule has 0 aliphatic carbocycles. The second kappa shape index (κ2) is 12.2. The lowest BCUT2D eigenvalue weighted by Gasteiger charge is -2.19. The van der Waals surface area contributed by atoms with Crippen LogP contribution in [0.2, 0.25) is 0 Å². The van der Waals surface area contributed by atoms with Crippen LogP contribution in [0.4, 0.5) is 10.5 Å². The number of rotatable bonds is 10. The molecule has 0 aliphatic heterocycles. The monoisotopic (exact) mass is 426 g/mol. The van der Waals surface area contributed by atoms with Crippen LogP contribution >= 0.6 is 0 Å². The Kier molecular flexibility index (Phi) is 9.35. The number of hydrazone groups is 1. The van der Waals surface area contributed by atoms with Crippen molar-refractivity contribution in [3.63, 3.8) is 0 Å². The Morgan fingerprint density at radius 3 is 2.45 bits per heavy atom. The van der Waals surface area contributed by atoms with E-state index in [1.54, 1.807) is 23.1 Å². The van der Waals surface area contributed by atoms with Crippen LogP contribution in [0.1, 0.15) is 31.9 Å². The maximum absolute atomic E-state index is 12.2. The largest absolute Gasteiger partial charge is 0.490 e. The number of urea groups is 1. The van der Waals surface area contributed by atoms with Gasteiger partial charge in [-0.25, -0.2) is 10.2 Å². The molecular formula is C23H30N4O4. The average molecular weight is 427 g/mol. The van der Waals surface area contributed by atoms with E-state index in [0.29, 0.717) is 36.8 Å². The molecule has 0 heterocycles. The van der Waals surface area contributed by atoms with E-state index in [1.807, 2.05) is 52.0 Å². The van der Waals surface area contributed by atoms with Gasteiger partial charge in [0, 0.05) is 18.8 Å². The highest BCUT2D eigenvalue weighted by atomic mass is 16.5. The molecular weight excluding hydrogens is 396 g/mol. The van der Waals surface area contributed by atoms with Gasteiger partial charge in [0.1, 0.15) is 0 Å². The Hall–Kier alpha value is -3.55. The smallest absolute Gasteiger partial charge is 0.339 e. The van der Waals surface area contributed by atoms with Crippen molar-refractivity contribution in [3.8, 4) is 11.5 Å². The van der Waals surface area contributed by atoms with E-state index in [4.69, 9.17) is 9.47 Å². The maximum Gasteiger partial charge on any atom is 0.339 e. The molecule has 0 saturated heterocycles. The Morgan fingerprint density at radius 1 is 1.03 bits per heavy atom. The van der Waals surface area contributed by atoms with Crippen LogP contribution in [0.25, 0.3) is 0 Å². The highest BCUT2D eigenvalue weighted by Gasteiger charge is 2.13. The second-order valence-corrected chi connectivity index (χ2v) is 6.63. The first-order chi connectivity index (χ1) is 15.0. The van der Waals surface area contributed by atoms with E-state index in [2.05, 4.69) is 15.8 Å². The third kappa shape index (κ3) is 7.33. The quantitative estimate of drug-likeness (QED) is 0.447. The molecule has 166 valence electrons. The number of hydrogen-bond acceptors (Lipinski definition) is 5. The predicted octanol–water partition coefficient (Wildman–Crippen LogP) is 3.80. The number of benzene rings is 2. The van der Waals surface area contributed by atoms with E-state index >= 15 is 0 Å². The molecule has 8 nitrogen and oxygen atoms in total. The van der Waals surface area contributed by atoms with Gasteiger partial charge >= 0.3 is 6.03 Å². The summed E-state index contributed by atoms with van der Waals surface area (Å²) < 4.78 is 11.3. The number of likely N-dealkylation sites (N-methyl/N-ethyl adjacent to an activating group) is 1. The van der Waals surface area contributed by atoms with E-state index in [0.717, 1.165) is 11.3 Å². The van der Waals surface area contributed by atoms with Gasteiger partial charge in [0.15, 0.2) is 18.1 Å². The van der Waals surface area contributed by atoms with Crippen molar-refractivity contribution in [3.05, 3.63) is 53.6 Å². The first-order valence-corrected chi connectivity index (χ1v) is 10.3. The minimum Gasteiger partial charge on any atom is -0.490 e. The third-order valence-corrected chi connectivity index (χ3v) is 4.51. The number of ether oxygens (including phenoxy) is 2. The van der Waals surface area contributed by atoms with Gasteiger partial charge in [0.05, 0.1) is 12.8 Å². The standard InChI is InChI=1S/C23H30N4O4/c1-5-27(6-2)22(28)16-31-20-13-12-18(14-21(20)30-7-3)15-24-26-23(29)25-19-11-9-8-10-17(19)4/h8-15H,5-7,16H2,1-4H3,(H2,25,26,29)/b24-15-. The molecule has 8 heteroatoms. The molecule has 2 rings (SSSR count). The molecule has 2 aromatic rings. The molecule has 3 amide bonds. The summed E-state index contributed by atoms with van der Waals surface area (Å²) in [5, 5.41) is 6.71. The molecule has 0 bridgehead atoms. The van der Waals surface area contributed by atoms with Gasteiger partial charge in [-0.15, -0.1) is 0 Å². The number of para-hydroxylation sites is 1. The fourth-order valence-corrected chi connectivity index (χ4v) is 2.83. The lowest BCUT2D eigenvalue weighted by Crippen LogP contribution is -2.34. The van der Waals surface area contributed by atoms with E-state index in [9.17, 15) is 9.59 Å². The summed E-state index contributed by atoms with van der Waals surface area (Å²) in [6.07, 6.45) is 1.50. The molecule has 0 aromatic heterocycles. The lowest BCUT2D eigenvalue weighted by molar-refractivity contribution is -0.132. The van der Waals surface area contributed by atoms with Crippen molar-refractivity contribution < 1.29 is 19.1 Å². The highest BCUT2D eigenvalue weighted by Crippen LogP contribution is 2.28. The Morgan fingerprint density at radius 2 is 1.77 bits per heavy atom. The van der Waals surface area contributed by atoms with Crippen LogP contribution in [-0.4, -0.2) is 49.4 Å². The summed E-state index contributed by atoms with van der Waals surface area (Å²) in [7, 11) is 0. The minimum absolute atomic E-state index is 0.0597. The summed E-state index contributed by atoms with van der Waals surface area (Å²) in [6.45, 7) is 9.28. The number of anilines is 1. The van der Waals surface area contributed by atoms with Crippen LogP contribution < -0.4 is 20.2 Å². The molecule has 0 spiro atoms. The summed E-state index contributed by atoms with van der Waals surface area (Å²) in [4.78, 5) is 25.9. The molecule has 0 saturated carbocycles. The highest BCUT2D eigenvalue weighted by molar-refractivity contribution is 5.91. The summed E-state index contributed by atoms with van der Waals surface area (Å²) in [6, 6.07) is 12.3. The van der Waals surface area contributed by atoms with E-state index in [1.165, 1.54) is 6.21 Å². The lowest BCUT2D eigenvalue weighted by atomic mass is 10.2. The normalized spacial score (nSPS) is 10.6. The number of nitrogens with one attached hydrogen (secondary N) is 2. The van der Waals surface area contributed by atoms with Gasteiger partial charge in [0.2, 0.25) is 0 Å². The number of amides is 3. The Balaban J connectivity index is 1.98. The van der Waals surface area contributed by atoms with E-state index in [-0.39, 0.29) is 12.5 Å². The van der Waals surface area contributed by atoms with Gasteiger partial charge in [-0.05, 0) is 63.1 Å². The number of nitrogens with zero attached hydrogens (tertiary/aromatic N) is 2. The van der Waals surface area contributed by atoms with Gasteiger partial charge in [-0.3, -0.25) is 4.79 Å². The first kappa shape index (κ1) is 23.7. The number of aryl methyl sites for hydroxylation is 1. The first-order valence-electron chi connectivity index (χ1n) is 10.3. The van der Waals surface area contributed by atoms with Gasteiger partial charge in [0.25, 0.3) is 5.91 Å². The van der Waals surface area contributed by atoms with Crippen LogP contribution in [0.5, 0.6) is 11.5 Å². The SMILES string of the molecule is CCOc1cc(/C=N\NC(=O)Nc2ccccc2C)ccc1OCC(=O)N(CC)CC. The fourth-order valence-electron chi connectivity index (χ4n) is 2.83. The molecule has 2 N–H and O–H groups in total. The second-order valence-electron chi connectivity index (χ2n) is 6.63. The minimum atomic E-state index is -0.439. The van der Waals surface area contributed by atoms with Crippen molar-refractivity contribution in [1.29, 1.82) is 0 Å². The Labute approximate surface area is 183 Å². The van der Waals surface area contributed by atoms with Crippen LogP contribution in [-0.2, 0) is 4.79 Å². The van der Waals surface area contributed by atoms with Gasteiger partial charge in [-0.2, -0.15) is 5.10 Å². The van der Waals surface area contributed by atoms with Crippen molar-refractivity contribution in [2.45, 2.75) is 27.7 Å². The zero-order valence-corrected chi connectivity index (χ0v) is 18.5. The number of hydrogen-bond donors (Lipinski definition) is 2. The molecule has 0 atom stereocenters. The van der Waals surface area contributed by atoms with Crippen molar-refractivity contribution in [1.82, 2.24) is 10.3 Å². The molecule has 0 radical (unpaired) electrons. The van der Waals surface area contributed by atoms with Crippen LogP contribution in [0.15, 0.2) is 47.6 Å². The van der Waals surface area contributed by atoms with Crippen molar-refractivity contribution >= 4 is 23.8 Å². The summed E-state index contributed by atoms with van der Waals surface area (Å²) >= 11 is 0. The van der Waals surface area contributed by atoms with Crippen molar-refractivity contribution in [2.75, 3.05) is 31.6 Å². The molecule has 0 fully saturated rings. The van der Waals surface area contributed by atoms with Crippen molar-refractivity contribution in [2.24, 2.45) is 5.10 Å². The molecule has 2 aromatic carbocycles. The van der Waals surface area contributed by atoms with E-state index < -0.39 is 6.03 Å². The third-order valence-electron chi connectivity index (χ3n) is 4.51. The zero-order valence-electron chi connectivity index (χ0n) is 18.5. The van der Waals surface area contributed by atoms with Crippen LogP contribution in [0, 0.1) is 6.92 Å². The average Bonchev–Trinajstić information content (AvgIpc) is 2.76. The predicted molar refractivity (Wildman–Crippen MR) is 122 cm³/mol. The zero-order chi connectivity index (χ0) is 22.6. The topological polar surface area (TPSA) is 92.3 Å². The molecule has 0 aliphatic rings. The number of carbonyl (C=O) groups excluding carboxylic acids is 2. The molecule has 31 heavy (non-hydrogen) atoms. The Bertz CT molecular complexity index is 910. The summed E-state index contributed by atoms with van der Waals surface area (Å²) in [5.74, 6) is 0.898.